The van der Waals surface area contributed by atoms with E-state index in [1.165, 1.54) is 0 Å². The SMILES string of the molecule is O=C1NC(=Nc2ccccc2)/C(=C\c2ccco2)S1. The van der Waals surface area contributed by atoms with Crippen molar-refractivity contribution in [3.63, 3.8) is 0 Å². The van der Waals surface area contributed by atoms with Crippen LogP contribution in [0, 0.1) is 0 Å². The van der Waals surface area contributed by atoms with E-state index < -0.39 is 0 Å². The molecule has 1 N–H and O–H groups in total. The van der Waals surface area contributed by atoms with E-state index in [1.807, 2.05) is 36.4 Å². The molecule has 0 spiro atoms. The van der Waals surface area contributed by atoms with Crippen LogP contribution in [0.2, 0.25) is 0 Å². The van der Waals surface area contributed by atoms with E-state index in [9.17, 15) is 4.79 Å². The summed E-state index contributed by atoms with van der Waals surface area (Å²) >= 11 is 1.11. The van der Waals surface area contributed by atoms with Crippen molar-refractivity contribution < 1.29 is 9.21 Å². The number of para-hydroxylation sites is 1. The Morgan fingerprint density at radius 2 is 2.00 bits per heavy atom. The van der Waals surface area contributed by atoms with Gasteiger partial charge in [0.1, 0.15) is 11.6 Å². The highest BCUT2D eigenvalue weighted by molar-refractivity contribution is 8.18. The molecule has 19 heavy (non-hydrogen) atoms. The standard InChI is InChI=1S/C14H10N2O2S/c17-14-16-13(15-10-5-2-1-3-6-10)12(19-14)9-11-7-4-8-18-11/h1-9H,(H,15,16,17)/b12-9+. The monoisotopic (exact) mass is 270 g/mol. The molecule has 0 unspecified atom stereocenters. The number of nitrogens with one attached hydrogen (secondary N) is 1. The molecule has 4 nitrogen and oxygen atoms in total. The Bertz CT molecular complexity index is 645. The number of rotatable bonds is 2. The number of carbonyl (C=O) groups excluding carboxylic acids is 1. The van der Waals surface area contributed by atoms with Crippen LogP contribution in [0.5, 0.6) is 0 Å². The molecule has 0 aliphatic carbocycles. The van der Waals surface area contributed by atoms with E-state index >= 15 is 0 Å². The number of amidine groups is 1. The van der Waals surface area contributed by atoms with Crippen LogP contribution in [0.1, 0.15) is 5.76 Å². The molecular weight excluding hydrogens is 260 g/mol. The summed E-state index contributed by atoms with van der Waals surface area (Å²) in [5.41, 5.74) is 0.797. The maximum Gasteiger partial charge on any atom is 0.289 e. The summed E-state index contributed by atoms with van der Waals surface area (Å²) < 4.78 is 5.25. The van der Waals surface area contributed by atoms with E-state index in [0.717, 1.165) is 22.4 Å². The van der Waals surface area contributed by atoms with Crippen molar-refractivity contribution in [2.45, 2.75) is 0 Å². The molecular formula is C14H10N2O2S. The molecule has 0 bridgehead atoms. The van der Waals surface area contributed by atoms with Gasteiger partial charge in [-0.1, -0.05) is 18.2 Å². The number of hydrogen-bond donors (Lipinski definition) is 1. The minimum absolute atomic E-state index is 0.132. The van der Waals surface area contributed by atoms with Crippen LogP contribution in [0.15, 0.2) is 63.0 Å². The summed E-state index contributed by atoms with van der Waals surface area (Å²) in [7, 11) is 0. The lowest BCUT2D eigenvalue weighted by atomic mass is 10.3. The van der Waals surface area contributed by atoms with Gasteiger partial charge in [0, 0.05) is 0 Å². The van der Waals surface area contributed by atoms with Crippen molar-refractivity contribution in [1.29, 1.82) is 0 Å². The van der Waals surface area contributed by atoms with Gasteiger partial charge in [-0.15, -0.1) is 0 Å². The summed E-state index contributed by atoms with van der Waals surface area (Å²) in [4.78, 5) is 16.7. The quantitative estimate of drug-likeness (QED) is 0.902. The van der Waals surface area contributed by atoms with Gasteiger partial charge in [0.15, 0.2) is 0 Å². The number of amides is 1. The minimum atomic E-state index is -0.132. The van der Waals surface area contributed by atoms with Crippen LogP contribution in [0.4, 0.5) is 10.5 Å². The van der Waals surface area contributed by atoms with Crippen molar-refractivity contribution in [2.75, 3.05) is 0 Å². The Labute approximate surface area is 114 Å². The minimum Gasteiger partial charge on any atom is -0.465 e. The van der Waals surface area contributed by atoms with Crippen LogP contribution in [-0.4, -0.2) is 11.1 Å². The van der Waals surface area contributed by atoms with Crippen molar-refractivity contribution >= 4 is 34.6 Å². The second-order valence-corrected chi connectivity index (χ2v) is 4.85. The molecule has 2 aromatic rings. The van der Waals surface area contributed by atoms with Crippen LogP contribution < -0.4 is 5.32 Å². The fourth-order valence-corrected chi connectivity index (χ4v) is 2.36. The van der Waals surface area contributed by atoms with Crippen molar-refractivity contribution in [3.8, 4) is 0 Å². The molecule has 1 aliphatic rings. The van der Waals surface area contributed by atoms with Crippen LogP contribution in [0.25, 0.3) is 6.08 Å². The highest BCUT2D eigenvalue weighted by Gasteiger charge is 2.23. The van der Waals surface area contributed by atoms with E-state index in [4.69, 9.17) is 4.42 Å². The molecule has 3 rings (SSSR count). The van der Waals surface area contributed by atoms with Gasteiger partial charge in [-0.3, -0.25) is 4.79 Å². The average Bonchev–Trinajstić information content (AvgIpc) is 3.02. The molecule has 1 fully saturated rings. The van der Waals surface area contributed by atoms with Crippen molar-refractivity contribution in [2.24, 2.45) is 4.99 Å². The predicted molar refractivity (Wildman–Crippen MR) is 76.3 cm³/mol. The number of benzene rings is 1. The van der Waals surface area contributed by atoms with Gasteiger partial charge < -0.3 is 9.73 Å². The zero-order valence-corrected chi connectivity index (χ0v) is 10.7. The highest BCUT2D eigenvalue weighted by atomic mass is 32.2. The van der Waals surface area contributed by atoms with Gasteiger partial charge in [0.25, 0.3) is 5.24 Å². The maximum absolute atomic E-state index is 11.5. The number of thioether (sulfide) groups is 1. The summed E-state index contributed by atoms with van der Waals surface area (Å²) in [6.45, 7) is 0. The molecule has 0 saturated carbocycles. The van der Waals surface area contributed by atoms with Crippen molar-refractivity contribution in [1.82, 2.24) is 5.32 Å². The second-order valence-electron chi connectivity index (χ2n) is 3.83. The Hall–Kier alpha value is -2.27. The molecule has 1 saturated heterocycles. The number of carbonyl (C=O) groups is 1. The predicted octanol–water partition coefficient (Wildman–Crippen LogP) is 3.81. The number of nitrogens with zero attached hydrogens (tertiary/aromatic N) is 1. The first-order valence-corrected chi connectivity index (χ1v) is 6.51. The van der Waals surface area contributed by atoms with E-state index in [0.29, 0.717) is 11.6 Å². The first-order valence-electron chi connectivity index (χ1n) is 5.69. The smallest absolute Gasteiger partial charge is 0.289 e. The number of furan rings is 1. The van der Waals surface area contributed by atoms with Gasteiger partial charge in [-0.25, -0.2) is 4.99 Å². The lowest BCUT2D eigenvalue weighted by Crippen LogP contribution is -2.18. The van der Waals surface area contributed by atoms with Gasteiger partial charge in [0.2, 0.25) is 0 Å². The molecule has 5 heteroatoms. The Balaban J connectivity index is 1.95. The molecule has 1 aromatic carbocycles. The molecule has 1 amide bonds. The molecule has 1 aliphatic heterocycles. The van der Waals surface area contributed by atoms with E-state index in [-0.39, 0.29) is 5.24 Å². The maximum atomic E-state index is 11.5. The zero-order chi connectivity index (χ0) is 13.1. The summed E-state index contributed by atoms with van der Waals surface area (Å²) in [5, 5.41) is 2.60. The normalized spacial score (nSPS) is 19.1. The van der Waals surface area contributed by atoms with Crippen LogP contribution >= 0.6 is 11.8 Å². The van der Waals surface area contributed by atoms with Crippen molar-refractivity contribution in [3.05, 3.63) is 59.4 Å². The Kier molecular flexibility index (Phi) is 3.20. The molecule has 1 aromatic heterocycles. The first kappa shape index (κ1) is 11.8. The number of hydrogen-bond acceptors (Lipinski definition) is 4. The molecule has 0 atom stereocenters. The number of aliphatic imine (C=N–C) groups is 1. The van der Waals surface area contributed by atoms with Gasteiger partial charge in [0.05, 0.1) is 16.9 Å². The second kappa shape index (κ2) is 5.16. The molecule has 94 valence electrons. The van der Waals surface area contributed by atoms with E-state index in [1.54, 1.807) is 18.4 Å². The molecule has 0 radical (unpaired) electrons. The fourth-order valence-electron chi connectivity index (χ4n) is 1.65. The average molecular weight is 270 g/mol. The lowest BCUT2D eigenvalue weighted by Gasteiger charge is -1.98. The molecule has 2 heterocycles. The summed E-state index contributed by atoms with van der Waals surface area (Å²) in [6, 6.07) is 13.1. The fraction of sp³-hybridized carbons (Fsp3) is 0. The zero-order valence-electron chi connectivity index (χ0n) is 9.87. The first-order chi connectivity index (χ1) is 9.31. The topological polar surface area (TPSA) is 54.6 Å². The van der Waals surface area contributed by atoms with Gasteiger partial charge in [-0.05, 0) is 42.1 Å². The highest BCUT2D eigenvalue weighted by Crippen LogP contribution is 2.28. The Morgan fingerprint density at radius 1 is 1.16 bits per heavy atom. The summed E-state index contributed by atoms with van der Waals surface area (Å²) in [5.74, 6) is 1.25. The third-order valence-corrected chi connectivity index (χ3v) is 3.29. The van der Waals surface area contributed by atoms with Crippen LogP contribution in [0.3, 0.4) is 0 Å². The third-order valence-electron chi connectivity index (χ3n) is 2.47. The van der Waals surface area contributed by atoms with Gasteiger partial charge >= 0.3 is 0 Å². The third kappa shape index (κ3) is 2.77. The Morgan fingerprint density at radius 3 is 2.74 bits per heavy atom. The largest absolute Gasteiger partial charge is 0.465 e. The van der Waals surface area contributed by atoms with Gasteiger partial charge in [-0.2, -0.15) is 0 Å². The summed E-state index contributed by atoms with van der Waals surface area (Å²) in [6.07, 6.45) is 3.39. The van der Waals surface area contributed by atoms with E-state index in [2.05, 4.69) is 10.3 Å². The lowest BCUT2D eigenvalue weighted by molar-refractivity contribution is 0.265. The van der Waals surface area contributed by atoms with Crippen LogP contribution in [-0.2, 0) is 0 Å².